The van der Waals surface area contributed by atoms with Crippen LogP contribution < -0.4 is 0 Å². The molecule has 0 aromatic heterocycles. The largest absolute Gasteiger partial charge is 0.416 e. The van der Waals surface area contributed by atoms with Crippen molar-refractivity contribution in [1.82, 2.24) is 0 Å². The smallest absolute Gasteiger partial charge is 0.395 e. The average Bonchev–Trinajstić information content (AvgIpc) is 2.42. The number of aliphatic hydroxyl groups is 1. The van der Waals surface area contributed by atoms with E-state index in [1.807, 2.05) is 0 Å². The quantitative estimate of drug-likeness (QED) is 0.863. The predicted octanol–water partition coefficient (Wildman–Crippen LogP) is 4.79. The fraction of sp³-hybridized carbons (Fsp3) is 0.250. The van der Waals surface area contributed by atoms with Gasteiger partial charge in [0, 0.05) is 10.9 Å². The molecule has 0 aliphatic heterocycles. The summed E-state index contributed by atoms with van der Waals surface area (Å²) in [5, 5.41) is 10.1. The SMILES string of the molecule is Cc1ccc(C(CO)c2ccc(Cl)cc2)c(C(F)(F)F)c1. The standard InChI is InChI=1S/C16H14ClF3O/c1-10-2-7-13(15(8-10)16(18,19)20)14(9-21)11-3-5-12(17)6-4-11/h2-8,14,21H,9H2,1H3. The van der Waals surface area contributed by atoms with Gasteiger partial charge in [0.15, 0.2) is 0 Å². The van der Waals surface area contributed by atoms with Gasteiger partial charge in [-0.3, -0.25) is 0 Å². The van der Waals surface area contributed by atoms with Gasteiger partial charge in [-0.15, -0.1) is 0 Å². The van der Waals surface area contributed by atoms with Gasteiger partial charge in [0.1, 0.15) is 0 Å². The third-order valence-electron chi connectivity index (χ3n) is 3.34. The average molecular weight is 315 g/mol. The molecule has 0 saturated heterocycles. The van der Waals surface area contributed by atoms with Gasteiger partial charge in [-0.2, -0.15) is 13.2 Å². The van der Waals surface area contributed by atoms with Crippen LogP contribution in [0.2, 0.25) is 5.02 Å². The first-order chi connectivity index (χ1) is 9.82. The predicted molar refractivity (Wildman–Crippen MR) is 76.6 cm³/mol. The molecule has 2 aromatic carbocycles. The first-order valence-electron chi connectivity index (χ1n) is 6.37. The van der Waals surface area contributed by atoms with Crippen molar-refractivity contribution in [3.8, 4) is 0 Å². The summed E-state index contributed by atoms with van der Waals surface area (Å²) in [6, 6.07) is 10.6. The number of hydrogen-bond donors (Lipinski definition) is 1. The normalized spacial score (nSPS) is 13.2. The van der Waals surface area contributed by atoms with Crippen molar-refractivity contribution in [2.24, 2.45) is 0 Å². The van der Waals surface area contributed by atoms with Crippen LogP contribution in [0.1, 0.15) is 28.2 Å². The first-order valence-corrected chi connectivity index (χ1v) is 6.75. The van der Waals surface area contributed by atoms with Crippen molar-refractivity contribution in [2.45, 2.75) is 19.0 Å². The van der Waals surface area contributed by atoms with E-state index in [1.54, 1.807) is 37.3 Å². The number of benzene rings is 2. The van der Waals surface area contributed by atoms with E-state index in [9.17, 15) is 18.3 Å². The summed E-state index contributed by atoms with van der Waals surface area (Å²) in [6.07, 6.45) is -4.46. The van der Waals surface area contributed by atoms with Gasteiger partial charge in [-0.1, -0.05) is 41.4 Å². The molecule has 0 bridgehead atoms. The summed E-state index contributed by atoms with van der Waals surface area (Å²) in [4.78, 5) is 0. The Morgan fingerprint density at radius 1 is 1.10 bits per heavy atom. The lowest BCUT2D eigenvalue weighted by Gasteiger charge is -2.21. The summed E-state index contributed by atoms with van der Waals surface area (Å²) in [6.45, 7) is 1.20. The van der Waals surface area contributed by atoms with Gasteiger partial charge in [0.2, 0.25) is 0 Å². The Hall–Kier alpha value is -1.52. The number of rotatable bonds is 3. The van der Waals surface area contributed by atoms with Crippen molar-refractivity contribution in [3.63, 3.8) is 0 Å². The minimum absolute atomic E-state index is 0.0675. The second-order valence-electron chi connectivity index (χ2n) is 4.88. The number of alkyl halides is 3. The summed E-state index contributed by atoms with van der Waals surface area (Å²) in [5.41, 5.74) is 0.476. The van der Waals surface area contributed by atoms with E-state index in [-0.39, 0.29) is 5.56 Å². The van der Waals surface area contributed by atoms with Crippen molar-refractivity contribution < 1.29 is 18.3 Å². The Morgan fingerprint density at radius 3 is 2.24 bits per heavy atom. The highest BCUT2D eigenvalue weighted by molar-refractivity contribution is 6.30. The number of halogens is 4. The lowest BCUT2D eigenvalue weighted by Crippen LogP contribution is -2.15. The molecule has 21 heavy (non-hydrogen) atoms. The lowest BCUT2D eigenvalue weighted by molar-refractivity contribution is -0.138. The molecule has 1 unspecified atom stereocenters. The topological polar surface area (TPSA) is 20.2 Å². The fourth-order valence-electron chi connectivity index (χ4n) is 2.30. The molecule has 112 valence electrons. The zero-order valence-electron chi connectivity index (χ0n) is 11.3. The molecule has 0 amide bonds. The van der Waals surface area contributed by atoms with Crippen LogP contribution in [0.25, 0.3) is 0 Å². The maximum absolute atomic E-state index is 13.2. The van der Waals surface area contributed by atoms with Crippen molar-refractivity contribution in [1.29, 1.82) is 0 Å². The third kappa shape index (κ3) is 3.57. The Labute approximate surface area is 126 Å². The molecule has 0 spiro atoms. The molecule has 1 nitrogen and oxygen atoms in total. The van der Waals surface area contributed by atoms with E-state index in [4.69, 9.17) is 11.6 Å². The van der Waals surface area contributed by atoms with Crippen LogP contribution in [0.15, 0.2) is 42.5 Å². The van der Waals surface area contributed by atoms with E-state index in [1.165, 1.54) is 6.07 Å². The molecule has 2 aromatic rings. The molecule has 1 N–H and O–H groups in total. The van der Waals surface area contributed by atoms with E-state index >= 15 is 0 Å². The highest BCUT2D eigenvalue weighted by atomic mass is 35.5. The van der Waals surface area contributed by atoms with Crippen molar-refractivity contribution in [2.75, 3.05) is 6.61 Å². The van der Waals surface area contributed by atoms with Gasteiger partial charge in [-0.25, -0.2) is 0 Å². The molecule has 0 fully saturated rings. The third-order valence-corrected chi connectivity index (χ3v) is 3.60. The van der Waals surface area contributed by atoms with Crippen LogP contribution in [0, 0.1) is 6.92 Å². The van der Waals surface area contributed by atoms with Gasteiger partial charge < -0.3 is 5.11 Å². The number of hydrogen-bond acceptors (Lipinski definition) is 1. The van der Waals surface area contributed by atoms with Gasteiger partial charge in [0.25, 0.3) is 0 Å². The number of aliphatic hydroxyl groups excluding tert-OH is 1. The number of aryl methyl sites for hydroxylation is 1. The lowest BCUT2D eigenvalue weighted by atomic mass is 9.87. The molecule has 0 radical (unpaired) electrons. The second kappa shape index (κ2) is 6.08. The van der Waals surface area contributed by atoms with E-state index in [0.29, 0.717) is 16.1 Å². The van der Waals surface area contributed by atoms with Crippen LogP contribution in [0.4, 0.5) is 13.2 Å². The minimum atomic E-state index is -4.46. The van der Waals surface area contributed by atoms with E-state index in [2.05, 4.69) is 0 Å². The van der Waals surface area contributed by atoms with Gasteiger partial charge >= 0.3 is 6.18 Å². The van der Waals surface area contributed by atoms with Gasteiger partial charge in [0.05, 0.1) is 12.2 Å². The van der Waals surface area contributed by atoms with Crippen LogP contribution in [0.3, 0.4) is 0 Å². The van der Waals surface area contributed by atoms with E-state index < -0.39 is 24.3 Å². The van der Waals surface area contributed by atoms with E-state index in [0.717, 1.165) is 6.07 Å². The highest BCUT2D eigenvalue weighted by Gasteiger charge is 2.35. The molecule has 1 atom stereocenters. The molecule has 0 aliphatic carbocycles. The second-order valence-corrected chi connectivity index (χ2v) is 5.31. The van der Waals surface area contributed by atoms with Gasteiger partial charge in [-0.05, 0) is 36.2 Å². The molecule has 0 aliphatic rings. The molecule has 5 heteroatoms. The molecule has 0 heterocycles. The molecule has 0 saturated carbocycles. The Balaban J connectivity index is 2.55. The molecular formula is C16H14ClF3O. The first kappa shape index (κ1) is 15.9. The minimum Gasteiger partial charge on any atom is -0.395 e. The van der Waals surface area contributed by atoms with Crippen molar-refractivity contribution >= 4 is 11.6 Å². The molecule has 2 rings (SSSR count). The van der Waals surface area contributed by atoms with Crippen molar-refractivity contribution in [3.05, 3.63) is 69.7 Å². The summed E-state index contributed by atoms with van der Waals surface area (Å²) >= 11 is 5.79. The highest BCUT2D eigenvalue weighted by Crippen LogP contribution is 2.38. The van der Waals surface area contributed by atoms with Crippen LogP contribution in [-0.2, 0) is 6.18 Å². The summed E-state index contributed by atoms with van der Waals surface area (Å²) in [5.74, 6) is -0.737. The van der Waals surface area contributed by atoms with Crippen LogP contribution in [-0.4, -0.2) is 11.7 Å². The molecular weight excluding hydrogens is 301 g/mol. The fourth-order valence-corrected chi connectivity index (χ4v) is 2.42. The maximum atomic E-state index is 13.2. The Kier molecular flexibility index (Phi) is 4.59. The zero-order valence-corrected chi connectivity index (χ0v) is 12.0. The van der Waals surface area contributed by atoms with Crippen LogP contribution in [0.5, 0.6) is 0 Å². The summed E-state index contributed by atoms with van der Waals surface area (Å²) in [7, 11) is 0. The Morgan fingerprint density at radius 2 is 1.71 bits per heavy atom. The van der Waals surface area contributed by atoms with Crippen LogP contribution >= 0.6 is 11.6 Å². The Bertz CT molecular complexity index is 620. The monoisotopic (exact) mass is 314 g/mol. The summed E-state index contributed by atoms with van der Waals surface area (Å²) < 4.78 is 39.6. The zero-order chi connectivity index (χ0) is 15.6. The maximum Gasteiger partial charge on any atom is 0.416 e.